The molecule has 0 saturated carbocycles. The van der Waals surface area contributed by atoms with Crippen molar-refractivity contribution in [1.29, 1.82) is 0 Å². The maximum atomic E-state index is 11.9. The Hall–Kier alpha value is -1.24. The van der Waals surface area contributed by atoms with Crippen LogP contribution in [0.1, 0.15) is 31.1 Å². The number of rotatable bonds is 8. The minimum absolute atomic E-state index is 0. The summed E-state index contributed by atoms with van der Waals surface area (Å²) < 4.78 is 6.85. The summed E-state index contributed by atoms with van der Waals surface area (Å²) in [4.78, 5) is 14.1. The summed E-state index contributed by atoms with van der Waals surface area (Å²) >= 11 is 0. The summed E-state index contributed by atoms with van der Waals surface area (Å²) in [7, 11) is 0. The van der Waals surface area contributed by atoms with E-state index in [2.05, 4.69) is 23.8 Å². The van der Waals surface area contributed by atoms with Crippen molar-refractivity contribution in [2.24, 2.45) is 0 Å². The molecule has 0 aliphatic heterocycles. The Kier molecular flexibility index (Phi) is 12.9. The van der Waals surface area contributed by atoms with Crippen LogP contribution in [-0.4, -0.2) is 46.9 Å². The molecule has 1 aromatic rings. The van der Waals surface area contributed by atoms with Crippen molar-refractivity contribution >= 4 is 36.6 Å². The Labute approximate surface area is 144 Å². The van der Waals surface area contributed by atoms with Gasteiger partial charge in [-0.1, -0.05) is 26.0 Å². The Morgan fingerprint density at radius 3 is 2.59 bits per heavy atom. The van der Waals surface area contributed by atoms with Gasteiger partial charge in [0, 0.05) is 12.7 Å². The molecule has 22 heavy (non-hydrogen) atoms. The van der Waals surface area contributed by atoms with Gasteiger partial charge in [0.1, 0.15) is 12.2 Å². The second-order valence-electron chi connectivity index (χ2n) is 4.38. The number of esters is 1. The molecule has 0 spiro atoms. The van der Waals surface area contributed by atoms with Crippen molar-refractivity contribution < 1.29 is 9.53 Å². The zero-order valence-electron chi connectivity index (χ0n) is 13.3. The van der Waals surface area contributed by atoms with Crippen molar-refractivity contribution in [2.75, 3.05) is 32.0 Å². The van der Waals surface area contributed by atoms with Crippen LogP contribution >= 0.6 is 24.8 Å². The summed E-state index contributed by atoms with van der Waals surface area (Å²) in [6, 6.07) is 0. The number of carbonyl (C=O) groups excluding carboxylic acids is 1. The third kappa shape index (κ3) is 7.15. The number of ether oxygens (including phenoxy) is 1. The number of allylic oxidation sites excluding steroid dienone is 2. The molecule has 1 heterocycles. The molecule has 0 aliphatic rings. The van der Waals surface area contributed by atoms with Crippen LogP contribution in [0.5, 0.6) is 0 Å². The van der Waals surface area contributed by atoms with E-state index < -0.39 is 5.97 Å². The molecule has 0 aromatic carbocycles. The number of anilines is 1. The van der Waals surface area contributed by atoms with Crippen molar-refractivity contribution in [3.8, 4) is 0 Å². The predicted octanol–water partition coefficient (Wildman–Crippen LogP) is 2.38. The van der Waals surface area contributed by atoms with Crippen LogP contribution in [0.4, 0.5) is 5.82 Å². The van der Waals surface area contributed by atoms with Gasteiger partial charge < -0.3 is 15.4 Å². The number of nitrogens with two attached hydrogens (primary N) is 1. The van der Waals surface area contributed by atoms with Gasteiger partial charge in [-0.2, -0.15) is 5.10 Å². The van der Waals surface area contributed by atoms with Crippen LogP contribution in [0, 0.1) is 0 Å². The van der Waals surface area contributed by atoms with Gasteiger partial charge in [-0.05, 0) is 20.0 Å². The second kappa shape index (κ2) is 12.3. The van der Waals surface area contributed by atoms with E-state index in [1.807, 2.05) is 19.1 Å². The van der Waals surface area contributed by atoms with Gasteiger partial charge in [0.2, 0.25) is 0 Å². The molecule has 0 fully saturated rings. The molecule has 0 aliphatic carbocycles. The number of hydrogen-bond acceptors (Lipinski definition) is 5. The van der Waals surface area contributed by atoms with E-state index in [0.29, 0.717) is 18.7 Å². The predicted molar refractivity (Wildman–Crippen MR) is 94.0 cm³/mol. The van der Waals surface area contributed by atoms with Crippen molar-refractivity contribution in [3.63, 3.8) is 0 Å². The molecule has 6 nitrogen and oxygen atoms in total. The summed E-state index contributed by atoms with van der Waals surface area (Å²) in [6.45, 7) is 9.64. The highest BCUT2D eigenvalue weighted by molar-refractivity contribution is 5.93. The molecule has 0 bridgehead atoms. The topological polar surface area (TPSA) is 73.4 Å². The quantitative estimate of drug-likeness (QED) is 0.574. The van der Waals surface area contributed by atoms with Gasteiger partial charge in [0.25, 0.3) is 0 Å². The zero-order chi connectivity index (χ0) is 15.0. The maximum Gasteiger partial charge on any atom is 0.343 e. The largest absolute Gasteiger partial charge is 0.461 e. The van der Waals surface area contributed by atoms with E-state index in [0.717, 1.165) is 19.6 Å². The maximum absolute atomic E-state index is 11.9. The van der Waals surface area contributed by atoms with Crippen LogP contribution in [0.25, 0.3) is 0 Å². The van der Waals surface area contributed by atoms with E-state index in [-0.39, 0.29) is 30.6 Å². The van der Waals surface area contributed by atoms with E-state index in [9.17, 15) is 4.79 Å². The molecule has 1 rings (SSSR count). The monoisotopic (exact) mass is 352 g/mol. The molecule has 0 atom stereocenters. The second-order valence-corrected chi connectivity index (χ2v) is 4.38. The number of nitrogens with zero attached hydrogens (tertiary/aromatic N) is 3. The molecule has 1 aromatic heterocycles. The first-order valence-corrected chi connectivity index (χ1v) is 6.95. The lowest BCUT2D eigenvalue weighted by molar-refractivity contribution is 0.0467. The van der Waals surface area contributed by atoms with Gasteiger partial charge in [0.05, 0.1) is 6.54 Å². The smallest absolute Gasteiger partial charge is 0.343 e. The summed E-state index contributed by atoms with van der Waals surface area (Å²) in [6.07, 6.45) is 5.47. The van der Waals surface area contributed by atoms with Crippen molar-refractivity contribution in [1.82, 2.24) is 14.7 Å². The van der Waals surface area contributed by atoms with Gasteiger partial charge >= 0.3 is 5.97 Å². The Morgan fingerprint density at radius 2 is 2.05 bits per heavy atom. The number of carbonyl (C=O) groups is 1. The molecule has 2 N–H and O–H groups in total. The van der Waals surface area contributed by atoms with Gasteiger partial charge in [-0.25, -0.2) is 4.79 Å². The lowest BCUT2D eigenvalue weighted by Crippen LogP contribution is -2.27. The highest BCUT2D eigenvalue weighted by Gasteiger charge is 2.15. The van der Waals surface area contributed by atoms with Crippen molar-refractivity contribution in [3.05, 3.63) is 23.9 Å². The Balaban J connectivity index is 0. The first-order valence-electron chi connectivity index (χ1n) is 6.95. The number of likely N-dealkylation sites (N-methyl/N-ethyl adjacent to an activating group) is 1. The van der Waals surface area contributed by atoms with Crippen LogP contribution < -0.4 is 5.73 Å². The minimum atomic E-state index is -0.415. The van der Waals surface area contributed by atoms with E-state index in [1.54, 1.807) is 10.9 Å². The van der Waals surface area contributed by atoms with E-state index in [1.165, 1.54) is 0 Å². The fourth-order valence-electron chi connectivity index (χ4n) is 1.79. The van der Waals surface area contributed by atoms with Gasteiger partial charge in [-0.3, -0.25) is 4.68 Å². The Bertz CT molecular complexity index is 460. The number of aromatic nitrogens is 2. The highest BCUT2D eigenvalue weighted by Crippen LogP contribution is 2.10. The standard InChI is InChI=1S/C14H24N4O2.2ClH/c1-4-7-8-18-11-12(13(15)16-18)14(19)20-10-9-17(5-2)6-3;;/h4,7,11H,5-6,8-10H2,1-3H3,(H2,15,16);2*1H/b7-4+;;. The molecule has 8 heteroatoms. The fraction of sp³-hybridized carbons (Fsp3) is 0.571. The van der Waals surface area contributed by atoms with Crippen molar-refractivity contribution in [2.45, 2.75) is 27.3 Å². The van der Waals surface area contributed by atoms with Gasteiger partial charge in [0.15, 0.2) is 5.82 Å². The first kappa shape index (κ1) is 23.0. The molecule has 0 amide bonds. The summed E-state index contributed by atoms with van der Waals surface area (Å²) in [5.74, 6) is -0.205. The molecule has 0 radical (unpaired) electrons. The first-order chi connectivity index (χ1) is 9.62. The number of halogens is 2. The normalized spacial score (nSPS) is 10.4. The van der Waals surface area contributed by atoms with Crippen LogP contribution in [0.3, 0.4) is 0 Å². The SMILES string of the molecule is C/C=C/Cn1cc(C(=O)OCCN(CC)CC)c(N)n1.Cl.Cl. The molecule has 0 saturated heterocycles. The average molecular weight is 353 g/mol. The van der Waals surface area contributed by atoms with E-state index in [4.69, 9.17) is 10.5 Å². The number of hydrogen-bond donors (Lipinski definition) is 1. The number of nitrogen functional groups attached to an aromatic ring is 1. The molecular formula is C14H26Cl2N4O2. The van der Waals surface area contributed by atoms with Crippen LogP contribution in [0.15, 0.2) is 18.3 Å². The summed E-state index contributed by atoms with van der Waals surface area (Å²) in [5.41, 5.74) is 6.06. The molecule has 0 unspecified atom stereocenters. The Morgan fingerprint density at radius 1 is 1.41 bits per heavy atom. The fourth-order valence-corrected chi connectivity index (χ4v) is 1.79. The molecular weight excluding hydrogens is 327 g/mol. The average Bonchev–Trinajstić information content (AvgIpc) is 2.82. The van der Waals surface area contributed by atoms with Crippen LogP contribution in [0.2, 0.25) is 0 Å². The zero-order valence-corrected chi connectivity index (χ0v) is 15.0. The lowest BCUT2D eigenvalue weighted by Gasteiger charge is -2.17. The minimum Gasteiger partial charge on any atom is -0.461 e. The van der Waals surface area contributed by atoms with Gasteiger partial charge in [-0.15, -0.1) is 24.8 Å². The third-order valence-corrected chi connectivity index (χ3v) is 3.07. The van der Waals surface area contributed by atoms with E-state index >= 15 is 0 Å². The lowest BCUT2D eigenvalue weighted by atomic mass is 10.3. The highest BCUT2D eigenvalue weighted by atomic mass is 35.5. The third-order valence-electron chi connectivity index (χ3n) is 3.07. The molecule has 128 valence electrons. The summed E-state index contributed by atoms with van der Waals surface area (Å²) in [5, 5.41) is 4.08. The van der Waals surface area contributed by atoms with Crippen LogP contribution in [-0.2, 0) is 11.3 Å².